The number of rotatable bonds is 8. The molecular formula is C23H33N3O3S. The number of hydrogen-bond acceptors (Lipinski definition) is 4. The fourth-order valence-electron chi connectivity index (χ4n) is 4.15. The molecule has 0 unspecified atom stereocenters. The van der Waals surface area contributed by atoms with Gasteiger partial charge in [-0.1, -0.05) is 26.0 Å². The second-order valence-corrected chi connectivity index (χ2v) is 9.76. The van der Waals surface area contributed by atoms with Crippen LogP contribution in [0.15, 0.2) is 36.4 Å². The Hall–Kier alpha value is -1.96. The molecule has 1 aliphatic rings. The van der Waals surface area contributed by atoms with E-state index in [2.05, 4.69) is 24.3 Å². The van der Waals surface area contributed by atoms with Crippen LogP contribution in [0.25, 0.3) is 0 Å². The Kier molecular flexibility index (Phi) is 7.50. The Morgan fingerprint density at radius 1 is 1.07 bits per heavy atom. The van der Waals surface area contributed by atoms with Gasteiger partial charge in [-0.05, 0) is 61.6 Å². The van der Waals surface area contributed by atoms with Crippen LogP contribution < -0.4 is 4.74 Å². The molecule has 0 spiro atoms. The van der Waals surface area contributed by atoms with Gasteiger partial charge in [0.15, 0.2) is 0 Å². The topological polar surface area (TPSA) is 62.7 Å². The second-order valence-electron chi connectivity index (χ2n) is 7.83. The Labute approximate surface area is 181 Å². The van der Waals surface area contributed by atoms with Crippen molar-refractivity contribution in [1.82, 2.24) is 13.6 Å². The molecule has 1 saturated heterocycles. The van der Waals surface area contributed by atoms with Gasteiger partial charge in [-0.25, -0.2) is 0 Å². The summed E-state index contributed by atoms with van der Waals surface area (Å²) >= 11 is 0. The van der Waals surface area contributed by atoms with Gasteiger partial charge in [0.05, 0.1) is 7.11 Å². The van der Waals surface area contributed by atoms with Gasteiger partial charge in [0.2, 0.25) is 0 Å². The summed E-state index contributed by atoms with van der Waals surface area (Å²) in [6, 6.07) is 12.5. The van der Waals surface area contributed by atoms with Crippen molar-refractivity contribution in [3.05, 3.63) is 58.9 Å². The first-order valence-corrected chi connectivity index (χ1v) is 12.1. The van der Waals surface area contributed by atoms with Crippen LogP contribution >= 0.6 is 0 Å². The van der Waals surface area contributed by atoms with E-state index >= 15 is 0 Å². The van der Waals surface area contributed by atoms with E-state index in [1.54, 1.807) is 11.4 Å². The molecule has 7 heteroatoms. The first-order chi connectivity index (χ1) is 14.4. The lowest BCUT2D eigenvalue weighted by Crippen LogP contribution is -2.46. The molecular weight excluding hydrogens is 398 g/mol. The molecule has 3 rings (SSSR count). The number of nitrogens with zero attached hydrogens (tertiary/aromatic N) is 3. The maximum absolute atomic E-state index is 12.8. The maximum atomic E-state index is 12.8. The first kappa shape index (κ1) is 22.7. The fraction of sp³-hybridized carbons (Fsp3) is 0.522. The Balaban J connectivity index is 1.70. The quantitative estimate of drug-likeness (QED) is 0.639. The molecule has 1 aromatic heterocycles. The average molecular weight is 432 g/mol. The highest BCUT2D eigenvalue weighted by Gasteiger charge is 2.32. The van der Waals surface area contributed by atoms with Crippen LogP contribution in [0.5, 0.6) is 5.75 Å². The van der Waals surface area contributed by atoms with E-state index in [0.29, 0.717) is 32.1 Å². The lowest BCUT2D eigenvalue weighted by atomic mass is 9.92. The van der Waals surface area contributed by atoms with E-state index in [1.807, 2.05) is 32.9 Å². The lowest BCUT2D eigenvalue weighted by molar-refractivity contribution is 0.289. The van der Waals surface area contributed by atoms with Crippen molar-refractivity contribution >= 4 is 10.2 Å². The summed E-state index contributed by atoms with van der Waals surface area (Å²) in [7, 11) is -1.68. The molecule has 2 aromatic rings. The summed E-state index contributed by atoms with van der Waals surface area (Å²) in [6.07, 6.45) is 2.45. The van der Waals surface area contributed by atoms with Crippen molar-refractivity contribution in [2.24, 2.45) is 0 Å². The largest absolute Gasteiger partial charge is 0.497 e. The SMILES string of the molecule is CCN(CC)S(=O)(=O)N1CCC(c2cc(Cc3ccc(OC)cc3)cc(C)n2)CC1. The maximum Gasteiger partial charge on any atom is 0.281 e. The molecule has 0 aliphatic carbocycles. The summed E-state index contributed by atoms with van der Waals surface area (Å²) in [5, 5.41) is 0. The number of piperidine rings is 1. The predicted octanol–water partition coefficient (Wildman–Crippen LogP) is 3.76. The van der Waals surface area contributed by atoms with Gasteiger partial charge in [0.1, 0.15) is 5.75 Å². The molecule has 0 atom stereocenters. The number of aryl methyl sites for hydroxylation is 1. The van der Waals surface area contributed by atoms with E-state index < -0.39 is 10.2 Å². The van der Waals surface area contributed by atoms with Crippen LogP contribution in [-0.2, 0) is 16.6 Å². The molecule has 1 fully saturated rings. The molecule has 0 radical (unpaired) electrons. The smallest absolute Gasteiger partial charge is 0.281 e. The fourth-order valence-corrected chi connectivity index (χ4v) is 5.81. The number of methoxy groups -OCH3 is 1. The van der Waals surface area contributed by atoms with Gasteiger partial charge in [-0.3, -0.25) is 4.98 Å². The Morgan fingerprint density at radius 3 is 2.27 bits per heavy atom. The van der Waals surface area contributed by atoms with E-state index in [-0.39, 0.29) is 0 Å². The van der Waals surface area contributed by atoms with Crippen molar-refractivity contribution in [3.63, 3.8) is 0 Å². The van der Waals surface area contributed by atoms with Gasteiger partial charge in [-0.2, -0.15) is 17.0 Å². The van der Waals surface area contributed by atoms with Gasteiger partial charge in [0.25, 0.3) is 10.2 Å². The molecule has 1 aliphatic heterocycles. The van der Waals surface area contributed by atoms with Gasteiger partial charge < -0.3 is 4.74 Å². The van der Waals surface area contributed by atoms with E-state index in [9.17, 15) is 8.42 Å². The number of pyridine rings is 1. The van der Waals surface area contributed by atoms with Crippen LogP contribution in [0.1, 0.15) is 55.1 Å². The Bertz CT molecular complexity index is 933. The van der Waals surface area contributed by atoms with Crippen LogP contribution in [0.4, 0.5) is 0 Å². The number of benzene rings is 1. The zero-order valence-corrected chi connectivity index (χ0v) is 19.3. The summed E-state index contributed by atoms with van der Waals surface area (Å²) in [5.41, 5.74) is 4.56. The van der Waals surface area contributed by atoms with Crippen LogP contribution in [0, 0.1) is 6.92 Å². The van der Waals surface area contributed by atoms with Crippen LogP contribution in [0.3, 0.4) is 0 Å². The average Bonchev–Trinajstić information content (AvgIpc) is 2.74. The number of ether oxygens (including phenoxy) is 1. The Morgan fingerprint density at radius 2 is 1.70 bits per heavy atom. The summed E-state index contributed by atoms with van der Waals surface area (Å²) < 4.78 is 34.0. The van der Waals surface area contributed by atoms with Crippen molar-refractivity contribution in [1.29, 1.82) is 0 Å². The first-order valence-electron chi connectivity index (χ1n) is 10.7. The summed E-state index contributed by atoms with van der Waals surface area (Å²) in [6.45, 7) is 7.91. The van der Waals surface area contributed by atoms with Crippen molar-refractivity contribution in [2.75, 3.05) is 33.3 Å². The molecule has 2 heterocycles. The van der Waals surface area contributed by atoms with Crippen molar-refractivity contribution < 1.29 is 13.2 Å². The number of aromatic nitrogens is 1. The third-order valence-corrected chi connectivity index (χ3v) is 8.02. The van der Waals surface area contributed by atoms with E-state index in [0.717, 1.165) is 36.4 Å². The third kappa shape index (κ3) is 5.20. The van der Waals surface area contributed by atoms with Crippen LogP contribution in [-0.4, -0.2) is 55.3 Å². The highest BCUT2D eigenvalue weighted by molar-refractivity contribution is 7.86. The zero-order chi connectivity index (χ0) is 21.7. The monoisotopic (exact) mass is 431 g/mol. The molecule has 0 amide bonds. The van der Waals surface area contributed by atoms with Gasteiger partial charge >= 0.3 is 0 Å². The standard InChI is InChI=1S/C23H33N3O3S/c1-5-25(6-2)30(27,28)26-13-11-21(12-14-26)23-17-20(15-18(3)24-23)16-19-7-9-22(29-4)10-8-19/h7-10,15,17,21H,5-6,11-14,16H2,1-4H3. The molecule has 0 bridgehead atoms. The minimum atomic E-state index is -3.36. The van der Waals surface area contributed by atoms with Gasteiger partial charge in [0, 0.05) is 43.5 Å². The summed E-state index contributed by atoms with van der Waals surface area (Å²) in [4.78, 5) is 4.78. The highest BCUT2D eigenvalue weighted by atomic mass is 32.2. The van der Waals surface area contributed by atoms with Crippen molar-refractivity contribution in [3.8, 4) is 5.75 Å². The van der Waals surface area contributed by atoms with Gasteiger partial charge in [-0.15, -0.1) is 0 Å². The highest BCUT2D eigenvalue weighted by Crippen LogP contribution is 2.30. The zero-order valence-electron chi connectivity index (χ0n) is 18.5. The third-order valence-electron chi connectivity index (χ3n) is 5.83. The molecule has 30 heavy (non-hydrogen) atoms. The molecule has 164 valence electrons. The predicted molar refractivity (Wildman–Crippen MR) is 120 cm³/mol. The molecule has 6 nitrogen and oxygen atoms in total. The summed E-state index contributed by atoms with van der Waals surface area (Å²) in [5.74, 6) is 1.15. The molecule has 0 saturated carbocycles. The molecule has 1 aromatic carbocycles. The van der Waals surface area contributed by atoms with Crippen LogP contribution in [0.2, 0.25) is 0 Å². The lowest BCUT2D eigenvalue weighted by Gasteiger charge is -2.34. The van der Waals surface area contributed by atoms with E-state index in [1.165, 1.54) is 15.4 Å². The molecule has 0 N–H and O–H groups in total. The van der Waals surface area contributed by atoms with E-state index in [4.69, 9.17) is 9.72 Å². The minimum Gasteiger partial charge on any atom is -0.497 e. The second kappa shape index (κ2) is 9.90. The normalized spacial score (nSPS) is 16.2. The van der Waals surface area contributed by atoms with Crippen molar-refractivity contribution in [2.45, 2.75) is 46.0 Å². The minimum absolute atomic E-state index is 0.294. The number of hydrogen-bond donors (Lipinski definition) is 0.